The summed E-state index contributed by atoms with van der Waals surface area (Å²) in [4.78, 5) is 0. The lowest BCUT2D eigenvalue weighted by Gasteiger charge is -2.65. The van der Waals surface area contributed by atoms with E-state index >= 15 is 0 Å². The van der Waals surface area contributed by atoms with Crippen molar-refractivity contribution in [2.45, 2.75) is 76.8 Å². The van der Waals surface area contributed by atoms with Crippen molar-refractivity contribution in [3.8, 4) is 0 Å². The maximum Gasteiger partial charge on any atom is 0.0195 e. The molecule has 5 fully saturated rings. The molecule has 2 nitrogen and oxygen atoms in total. The van der Waals surface area contributed by atoms with Crippen molar-refractivity contribution in [1.29, 1.82) is 0 Å². The van der Waals surface area contributed by atoms with Gasteiger partial charge in [-0.05, 0) is 74.7 Å². The molecule has 1 aliphatic heterocycles. The minimum Gasteiger partial charge on any atom is -0.313 e. The lowest BCUT2D eigenvalue weighted by molar-refractivity contribution is -0.118. The summed E-state index contributed by atoms with van der Waals surface area (Å²) in [6.07, 6.45) is 11.6. The predicted octanol–water partition coefficient (Wildman–Crippen LogP) is 3.08. The van der Waals surface area contributed by atoms with Crippen molar-refractivity contribution < 1.29 is 0 Å². The van der Waals surface area contributed by atoms with E-state index in [-0.39, 0.29) is 0 Å². The minimum atomic E-state index is 0.493. The summed E-state index contributed by atoms with van der Waals surface area (Å²) < 4.78 is 0. The van der Waals surface area contributed by atoms with Crippen molar-refractivity contribution in [3.05, 3.63) is 0 Å². The highest BCUT2D eigenvalue weighted by Gasteiger charge is 2.59. The second-order valence-corrected chi connectivity index (χ2v) is 9.08. The summed E-state index contributed by atoms with van der Waals surface area (Å²) >= 11 is 0. The zero-order valence-electron chi connectivity index (χ0n) is 12.7. The molecular weight excluding hydrogens is 232 g/mol. The van der Waals surface area contributed by atoms with Gasteiger partial charge in [0.05, 0.1) is 0 Å². The third-order valence-corrected chi connectivity index (χ3v) is 6.51. The smallest absolute Gasteiger partial charge is 0.0195 e. The van der Waals surface area contributed by atoms with E-state index in [1.165, 1.54) is 64.5 Å². The first-order valence-electron chi connectivity index (χ1n) is 8.47. The van der Waals surface area contributed by atoms with Crippen LogP contribution in [-0.4, -0.2) is 24.7 Å². The lowest BCUT2D eigenvalue weighted by atomic mass is 9.43. The lowest BCUT2D eigenvalue weighted by Crippen LogP contribution is -2.65. The molecule has 19 heavy (non-hydrogen) atoms. The summed E-state index contributed by atoms with van der Waals surface area (Å²) in [5.41, 5.74) is 1.78. The van der Waals surface area contributed by atoms with Crippen LogP contribution in [0.15, 0.2) is 0 Å². The Morgan fingerprint density at radius 1 is 1.05 bits per heavy atom. The number of rotatable bonds is 3. The molecule has 0 amide bonds. The maximum atomic E-state index is 4.06. The molecule has 5 rings (SSSR count). The van der Waals surface area contributed by atoms with Crippen LogP contribution < -0.4 is 10.6 Å². The second kappa shape index (κ2) is 3.98. The molecule has 0 spiro atoms. The number of hydrogen-bond donors (Lipinski definition) is 2. The Labute approximate surface area is 118 Å². The highest BCUT2D eigenvalue weighted by molar-refractivity contribution is 5.14. The summed E-state index contributed by atoms with van der Waals surface area (Å²) in [5.74, 6) is 1.01. The Balaban J connectivity index is 1.50. The number of nitrogens with one attached hydrogen (secondary N) is 2. The standard InChI is InChI=1S/C17H30N2/c1-15-6-13-7-16(2,10-15)12-17(8-13,11-15)19-9-14-4-3-5-18-14/h13-14,18-19H,3-12H2,1-2H3. The largest absolute Gasteiger partial charge is 0.313 e. The Hall–Kier alpha value is -0.0800. The van der Waals surface area contributed by atoms with Gasteiger partial charge in [0, 0.05) is 18.1 Å². The van der Waals surface area contributed by atoms with E-state index in [4.69, 9.17) is 0 Å². The highest BCUT2D eigenvalue weighted by atomic mass is 15.1. The molecule has 0 radical (unpaired) electrons. The molecule has 4 saturated carbocycles. The van der Waals surface area contributed by atoms with Gasteiger partial charge in [-0.25, -0.2) is 0 Å². The van der Waals surface area contributed by atoms with Crippen LogP contribution in [0.2, 0.25) is 0 Å². The van der Waals surface area contributed by atoms with E-state index in [9.17, 15) is 0 Å². The Morgan fingerprint density at radius 2 is 1.79 bits per heavy atom. The molecule has 4 bridgehead atoms. The fourth-order valence-corrected chi connectivity index (χ4v) is 6.92. The molecule has 0 aromatic heterocycles. The Bertz CT molecular complexity index is 353. The molecule has 5 aliphatic rings. The first-order chi connectivity index (χ1) is 8.99. The SMILES string of the molecule is CC12CC3CC(C)(C1)CC(NCC1CCCN1)(C3)C2. The van der Waals surface area contributed by atoms with Gasteiger partial charge in [-0.15, -0.1) is 0 Å². The summed E-state index contributed by atoms with van der Waals surface area (Å²) in [7, 11) is 0. The van der Waals surface area contributed by atoms with Crippen LogP contribution >= 0.6 is 0 Å². The van der Waals surface area contributed by atoms with Gasteiger partial charge >= 0.3 is 0 Å². The van der Waals surface area contributed by atoms with Gasteiger partial charge < -0.3 is 10.6 Å². The van der Waals surface area contributed by atoms with Crippen LogP contribution in [0.25, 0.3) is 0 Å². The Kier molecular flexibility index (Phi) is 2.65. The van der Waals surface area contributed by atoms with Crippen molar-refractivity contribution in [2.75, 3.05) is 13.1 Å². The van der Waals surface area contributed by atoms with E-state index < -0.39 is 0 Å². The van der Waals surface area contributed by atoms with Gasteiger partial charge in [-0.1, -0.05) is 13.8 Å². The van der Waals surface area contributed by atoms with Crippen molar-refractivity contribution in [2.24, 2.45) is 16.7 Å². The van der Waals surface area contributed by atoms with E-state index in [0.29, 0.717) is 16.4 Å². The average Bonchev–Trinajstić information content (AvgIpc) is 2.73. The second-order valence-electron chi connectivity index (χ2n) is 9.08. The summed E-state index contributed by atoms with van der Waals surface area (Å²) in [6, 6.07) is 0.744. The van der Waals surface area contributed by atoms with Crippen LogP contribution in [0, 0.1) is 16.7 Å². The molecule has 2 heteroatoms. The van der Waals surface area contributed by atoms with Crippen molar-refractivity contribution in [3.63, 3.8) is 0 Å². The van der Waals surface area contributed by atoms with Crippen LogP contribution in [0.3, 0.4) is 0 Å². The van der Waals surface area contributed by atoms with Gasteiger partial charge in [0.2, 0.25) is 0 Å². The van der Waals surface area contributed by atoms with Gasteiger partial charge in [-0.3, -0.25) is 0 Å². The van der Waals surface area contributed by atoms with Crippen LogP contribution in [0.5, 0.6) is 0 Å². The third-order valence-electron chi connectivity index (χ3n) is 6.51. The van der Waals surface area contributed by atoms with Crippen molar-refractivity contribution in [1.82, 2.24) is 10.6 Å². The highest BCUT2D eigenvalue weighted by Crippen LogP contribution is 2.66. The van der Waals surface area contributed by atoms with Gasteiger partial charge in [0.15, 0.2) is 0 Å². The fraction of sp³-hybridized carbons (Fsp3) is 1.00. The molecule has 0 aromatic carbocycles. The monoisotopic (exact) mass is 262 g/mol. The average molecular weight is 262 g/mol. The molecular formula is C17H30N2. The first kappa shape index (κ1) is 12.6. The molecule has 2 N–H and O–H groups in total. The van der Waals surface area contributed by atoms with E-state index in [2.05, 4.69) is 24.5 Å². The van der Waals surface area contributed by atoms with E-state index in [0.717, 1.165) is 12.0 Å². The van der Waals surface area contributed by atoms with Gasteiger partial charge in [0.1, 0.15) is 0 Å². The molecule has 108 valence electrons. The number of hydrogen-bond acceptors (Lipinski definition) is 2. The zero-order chi connectivity index (χ0) is 13.1. The predicted molar refractivity (Wildman–Crippen MR) is 79.2 cm³/mol. The van der Waals surface area contributed by atoms with E-state index in [1.807, 2.05) is 0 Å². The molecule has 4 aliphatic carbocycles. The molecule has 1 saturated heterocycles. The summed E-state index contributed by atoms with van der Waals surface area (Å²) in [5, 5.41) is 7.70. The summed E-state index contributed by atoms with van der Waals surface area (Å²) in [6.45, 7) is 7.58. The first-order valence-corrected chi connectivity index (χ1v) is 8.47. The fourth-order valence-electron chi connectivity index (χ4n) is 6.92. The molecule has 0 aromatic rings. The minimum absolute atomic E-state index is 0.493. The molecule has 3 unspecified atom stereocenters. The molecule has 3 atom stereocenters. The maximum absolute atomic E-state index is 4.06. The third kappa shape index (κ3) is 2.15. The van der Waals surface area contributed by atoms with Crippen LogP contribution in [0.1, 0.15) is 65.2 Å². The molecule has 1 heterocycles. The van der Waals surface area contributed by atoms with E-state index in [1.54, 1.807) is 0 Å². The van der Waals surface area contributed by atoms with Crippen LogP contribution in [0.4, 0.5) is 0 Å². The van der Waals surface area contributed by atoms with Crippen LogP contribution in [-0.2, 0) is 0 Å². The Morgan fingerprint density at radius 3 is 2.37 bits per heavy atom. The quantitative estimate of drug-likeness (QED) is 0.817. The van der Waals surface area contributed by atoms with Gasteiger partial charge in [-0.2, -0.15) is 0 Å². The topological polar surface area (TPSA) is 24.1 Å². The normalized spacial score (nSPS) is 55.9. The van der Waals surface area contributed by atoms with Gasteiger partial charge in [0.25, 0.3) is 0 Å². The van der Waals surface area contributed by atoms with Crippen molar-refractivity contribution >= 4 is 0 Å². The zero-order valence-corrected chi connectivity index (χ0v) is 12.7.